The van der Waals surface area contributed by atoms with Crippen molar-refractivity contribution in [2.45, 2.75) is 32.0 Å². The summed E-state index contributed by atoms with van der Waals surface area (Å²) in [6, 6.07) is 8.65. The molecule has 0 saturated heterocycles. The fourth-order valence-corrected chi connectivity index (χ4v) is 1.36. The first-order chi connectivity index (χ1) is 8.41. The number of hydrogen-bond acceptors (Lipinski definition) is 2. The molecule has 1 atom stereocenters. The number of rotatable bonds is 6. The molecule has 0 aliphatic heterocycles. The van der Waals surface area contributed by atoms with Crippen LogP contribution >= 0.6 is 0 Å². The van der Waals surface area contributed by atoms with Gasteiger partial charge in [-0.15, -0.1) is 0 Å². The standard InChI is InChI=1S/C13H15F3O2/c1-10(13(14,15)16)18-9-5-8-12(17)11-6-3-2-4-7-11/h2-4,6-7,10H,5,8-9H2,1H3. The molecule has 0 amide bonds. The van der Waals surface area contributed by atoms with Crippen LogP contribution in [0.5, 0.6) is 0 Å². The van der Waals surface area contributed by atoms with Gasteiger partial charge in [-0.1, -0.05) is 30.3 Å². The van der Waals surface area contributed by atoms with Gasteiger partial charge in [0.25, 0.3) is 0 Å². The molecule has 0 aliphatic rings. The van der Waals surface area contributed by atoms with Crippen molar-refractivity contribution in [2.75, 3.05) is 6.61 Å². The van der Waals surface area contributed by atoms with Crippen LogP contribution in [0.2, 0.25) is 0 Å². The third kappa shape index (κ3) is 4.87. The Labute approximate surface area is 104 Å². The Hall–Kier alpha value is -1.36. The van der Waals surface area contributed by atoms with E-state index < -0.39 is 12.3 Å². The molecule has 1 aromatic carbocycles. The van der Waals surface area contributed by atoms with Crippen molar-refractivity contribution >= 4 is 5.78 Å². The summed E-state index contributed by atoms with van der Waals surface area (Å²) >= 11 is 0. The van der Waals surface area contributed by atoms with Crippen molar-refractivity contribution in [2.24, 2.45) is 0 Å². The lowest BCUT2D eigenvalue weighted by Crippen LogP contribution is -2.28. The van der Waals surface area contributed by atoms with Gasteiger partial charge in [0.1, 0.15) is 0 Å². The second-order valence-corrected chi connectivity index (χ2v) is 3.95. The molecule has 1 rings (SSSR count). The smallest absolute Gasteiger partial charge is 0.369 e. The monoisotopic (exact) mass is 260 g/mol. The van der Waals surface area contributed by atoms with Crippen molar-refractivity contribution in [1.29, 1.82) is 0 Å². The Morgan fingerprint density at radius 2 is 1.89 bits per heavy atom. The number of alkyl halides is 3. The van der Waals surface area contributed by atoms with E-state index >= 15 is 0 Å². The number of carbonyl (C=O) groups is 1. The molecule has 0 aliphatic carbocycles. The lowest BCUT2D eigenvalue weighted by molar-refractivity contribution is -0.214. The topological polar surface area (TPSA) is 26.3 Å². The fraction of sp³-hybridized carbons (Fsp3) is 0.462. The predicted octanol–water partition coefficient (Wildman–Crippen LogP) is 3.62. The summed E-state index contributed by atoms with van der Waals surface area (Å²) in [5, 5.41) is 0. The SMILES string of the molecule is CC(OCCCC(=O)c1ccccc1)C(F)(F)F. The number of Topliss-reactive ketones (excluding diaryl/α,β-unsaturated/α-hetero) is 1. The Bertz CT molecular complexity index is 374. The highest BCUT2D eigenvalue weighted by Crippen LogP contribution is 2.22. The zero-order valence-electron chi connectivity index (χ0n) is 10.0. The molecule has 0 aromatic heterocycles. The van der Waals surface area contributed by atoms with Gasteiger partial charge in [0.15, 0.2) is 11.9 Å². The highest BCUT2D eigenvalue weighted by Gasteiger charge is 2.36. The van der Waals surface area contributed by atoms with E-state index in [0.717, 1.165) is 6.92 Å². The summed E-state index contributed by atoms with van der Waals surface area (Å²) in [6.45, 7) is 0.887. The molecule has 18 heavy (non-hydrogen) atoms. The first kappa shape index (κ1) is 14.7. The second kappa shape index (κ2) is 6.54. The van der Waals surface area contributed by atoms with Gasteiger partial charge in [0.2, 0.25) is 0 Å². The van der Waals surface area contributed by atoms with Crippen molar-refractivity contribution in [3.63, 3.8) is 0 Å². The molecule has 0 heterocycles. The minimum Gasteiger partial charge on any atom is -0.369 e. The molecule has 1 unspecified atom stereocenters. The Kier molecular flexibility index (Phi) is 5.34. The van der Waals surface area contributed by atoms with E-state index in [0.29, 0.717) is 5.56 Å². The summed E-state index contributed by atoms with van der Waals surface area (Å²) in [7, 11) is 0. The normalized spacial score (nSPS) is 13.3. The van der Waals surface area contributed by atoms with Crippen LogP contribution in [0.4, 0.5) is 13.2 Å². The average Bonchev–Trinajstić information content (AvgIpc) is 2.34. The van der Waals surface area contributed by atoms with E-state index in [1.807, 2.05) is 0 Å². The molecule has 1 aromatic rings. The number of ether oxygens (including phenoxy) is 1. The third-order valence-corrected chi connectivity index (χ3v) is 2.47. The molecule has 5 heteroatoms. The predicted molar refractivity (Wildman–Crippen MR) is 61.5 cm³/mol. The zero-order valence-corrected chi connectivity index (χ0v) is 10.0. The van der Waals surface area contributed by atoms with Gasteiger partial charge in [-0.2, -0.15) is 13.2 Å². The highest BCUT2D eigenvalue weighted by atomic mass is 19.4. The van der Waals surface area contributed by atoms with E-state index in [1.54, 1.807) is 30.3 Å². The second-order valence-electron chi connectivity index (χ2n) is 3.95. The van der Waals surface area contributed by atoms with Gasteiger partial charge < -0.3 is 4.74 Å². The van der Waals surface area contributed by atoms with Gasteiger partial charge in [-0.3, -0.25) is 4.79 Å². The zero-order chi connectivity index (χ0) is 13.6. The van der Waals surface area contributed by atoms with E-state index in [9.17, 15) is 18.0 Å². The lowest BCUT2D eigenvalue weighted by atomic mass is 10.1. The van der Waals surface area contributed by atoms with Crippen molar-refractivity contribution in [1.82, 2.24) is 0 Å². The van der Waals surface area contributed by atoms with Crippen LogP contribution in [0.25, 0.3) is 0 Å². The average molecular weight is 260 g/mol. The maximum Gasteiger partial charge on any atom is 0.414 e. The number of benzene rings is 1. The molecular weight excluding hydrogens is 245 g/mol. The first-order valence-corrected chi connectivity index (χ1v) is 5.68. The fourth-order valence-electron chi connectivity index (χ4n) is 1.36. The molecular formula is C13H15F3O2. The largest absolute Gasteiger partial charge is 0.414 e. The van der Waals surface area contributed by atoms with Crippen LogP contribution in [0, 0.1) is 0 Å². The van der Waals surface area contributed by atoms with Crippen molar-refractivity contribution in [3.8, 4) is 0 Å². The van der Waals surface area contributed by atoms with Gasteiger partial charge in [0, 0.05) is 18.6 Å². The van der Waals surface area contributed by atoms with E-state index in [1.165, 1.54) is 0 Å². The molecule has 0 spiro atoms. The van der Waals surface area contributed by atoms with E-state index in [-0.39, 0.29) is 25.2 Å². The number of hydrogen-bond donors (Lipinski definition) is 0. The number of ketones is 1. The number of halogens is 3. The first-order valence-electron chi connectivity index (χ1n) is 5.68. The molecule has 0 bridgehead atoms. The van der Waals surface area contributed by atoms with Crippen LogP contribution in [0.15, 0.2) is 30.3 Å². The molecule has 100 valence electrons. The van der Waals surface area contributed by atoms with E-state index in [2.05, 4.69) is 4.74 Å². The molecule has 2 nitrogen and oxygen atoms in total. The van der Waals surface area contributed by atoms with E-state index in [4.69, 9.17) is 0 Å². The number of carbonyl (C=O) groups excluding carboxylic acids is 1. The summed E-state index contributed by atoms with van der Waals surface area (Å²) < 4.78 is 40.9. The van der Waals surface area contributed by atoms with Crippen molar-refractivity contribution in [3.05, 3.63) is 35.9 Å². The van der Waals surface area contributed by atoms with Crippen molar-refractivity contribution < 1.29 is 22.7 Å². The van der Waals surface area contributed by atoms with Gasteiger partial charge in [0.05, 0.1) is 0 Å². The van der Waals surface area contributed by atoms with Gasteiger partial charge >= 0.3 is 6.18 Å². The minimum absolute atomic E-state index is 0.0702. The van der Waals surface area contributed by atoms with Gasteiger partial charge in [-0.25, -0.2) is 0 Å². The molecule has 0 fully saturated rings. The Balaban J connectivity index is 2.25. The summed E-state index contributed by atoms with van der Waals surface area (Å²) in [4.78, 5) is 11.6. The summed E-state index contributed by atoms with van der Waals surface area (Å²) in [5.74, 6) is -0.0844. The van der Waals surface area contributed by atoms with Crippen LogP contribution < -0.4 is 0 Å². The molecule has 0 radical (unpaired) electrons. The van der Waals surface area contributed by atoms with Crippen LogP contribution in [0.1, 0.15) is 30.1 Å². The quantitative estimate of drug-likeness (QED) is 0.577. The summed E-state index contributed by atoms with van der Waals surface area (Å²) in [5.41, 5.74) is 0.571. The van der Waals surface area contributed by atoms with Gasteiger partial charge in [-0.05, 0) is 13.3 Å². The lowest BCUT2D eigenvalue weighted by Gasteiger charge is -2.15. The molecule has 0 N–H and O–H groups in total. The Morgan fingerprint density at radius 3 is 2.44 bits per heavy atom. The minimum atomic E-state index is -4.34. The maximum atomic E-state index is 12.1. The third-order valence-electron chi connectivity index (χ3n) is 2.47. The highest BCUT2D eigenvalue weighted by molar-refractivity contribution is 5.95. The summed E-state index contributed by atoms with van der Waals surface area (Å²) in [6.07, 6.45) is -5.66. The Morgan fingerprint density at radius 1 is 1.28 bits per heavy atom. The molecule has 0 saturated carbocycles. The maximum absolute atomic E-state index is 12.1. The van der Waals surface area contributed by atoms with Crippen LogP contribution in [-0.4, -0.2) is 24.7 Å². The van der Waals surface area contributed by atoms with Crippen LogP contribution in [0.3, 0.4) is 0 Å². The van der Waals surface area contributed by atoms with Crippen LogP contribution in [-0.2, 0) is 4.74 Å².